The van der Waals surface area contributed by atoms with Gasteiger partial charge in [-0.3, -0.25) is 4.68 Å². The van der Waals surface area contributed by atoms with Crippen LogP contribution >= 0.6 is 0 Å². The van der Waals surface area contributed by atoms with E-state index in [0.717, 1.165) is 11.3 Å². The van der Waals surface area contributed by atoms with Crippen molar-refractivity contribution < 1.29 is 4.74 Å². The Morgan fingerprint density at radius 1 is 1.32 bits per heavy atom. The number of hydrogen-bond acceptors (Lipinski definition) is 4. The minimum Gasteiger partial charge on any atom is -0.372 e. The van der Waals surface area contributed by atoms with Gasteiger partial charge in [0, 0.05) is 32.3 Å². The molecule has 1 aromatic carbocycles. The monoisotopic (exact) mass is 260 g/mol. The van der Waals surface area contributed by atoms with Crippen LogP contribution < -0.4 is 5.73 Å². The summed E-state index contributed by atoms with van der Waals surface area (Å²) in [5, 5.41) is 7.99. The van der Waals surface area contributed by atoms with Crippen LogP contribution in [-0.4, -0.2) is 27.6 Å². The van der Waals surface area contributed by atoms with Gasteiger partial charge >= 0.3 is 0 Å². The van der Waals surface area contributed by atoms with E-state index >= 15 is 0 Å². The summed E-state index contributed by atoms with van der Waals surface area (Å²) >= 11 is 0. The third kappa shape index (κ3) is 3.62. The molecule has 0 spiro atoms. The number of rotatable bonds is 6. The van der Waals surface area contributed by atoms with Crippen LogP contribution in [0.2, 0.25) is 0 Å². The highest BCUT2D eigenvalue weighted by atomic mass is 16.5. The molecule has 1 aromatic heterocycles. The maximum absolute atomic E-state index is 6.28. The van der Waals surface area contributed by atoms with Crippen molar-refractivity contribution >= 4 is 0 Å². The number of nitrogens with zero attached hydrogens (tertiary/aromatic N) is 3. The highest BCUT2D eigenvalue weighted by molar-refractivity contribution is 5.19. The topological polar surface area (TPSA) is 66.0 Å². The van der Waals surface area contributed by atoms with Crippen LogP contribution in [0, 0.1) is 0 Å². The fourth-order valence-corrected chi connectivity index (χ4v) is 2.13. The van der Waals surface area contributed by atoms with Gasteiger partial charge in [0.25, 0.3) is 0 Å². The van der Waals surface area contributed by atoms with Crippen LogP contribution in [0.15, 0.2) is 36.5 Å². The highest BCUT2D eigenvalue weighted by Gasteiger charge is 2.21. The molecule has 19 heavy (non-hydrogen) atoms. The molecular formula is C14H20N4O. The van der Waals surface area contributed by atoms with Gasteiger partial charge in [-0.15, -0.1) is 5.10 Å². The van der Waals surface area contributed by atoms with Crippen molar-refractivity contribution in [3.63, 3.8) is 0 Å². The summed E-state index contributed by atoms with van der Waals surface area (Å²) in [6.07, 6.45) is 2.41. The number of nitrogens with two attached hydrogens (primary N) is 1. The predicted molar refractivity (Wildman–Crippen MR) is 73.5 cm³/mol. The molecule has 0 saturated carbocycles. The SMILES string of the molecule is CCOC(c1ccccc1)C(N)Cc1cn(C)nn1. The van der Waals surface area contributed by atoms with Crippen LogP contribution in [0.3, 0.4) is 0 Å². The van der Waals surface area contributed by atoms with Crippen molar-refractivity contribution in [2.24, 2.45) is 12.8 Å². The largest absolute Gasteiger partial charge is 0.372 e. The number of benzene rings is 1. The van der Waals surface area contributed by atoms with E-state index in [-0.39, 0.29) is 12.1 Å². The van der Waals surface area contributed by atoms with Crippen LogP contribution in [0.1, 0.15) is 24.3 Å². The van der Waals surface area contributed by atoms with E-state index in [2.05, 4.69) is 10.3 Å². The molecule has 2 aromatic rings. The molecule has 5 heteroatoms. The first kappa shape index (κ1) is 13.7. The summed E-state index contributed by atoms with van der Waals surface area (Å²) in [5.41, 5.74) is 8.26. The highest BCUT2D eigenvalue weighted by Crippen LogP contribution is 2.21. The average molecular weight is 260 g/mol. The Bertz CT molecular complexity index is 497. The zero-order valence-corrected chi connectivity index (χ0v) is 11.4. The molecule has 1 heterocycles. The van der Waals surface area contributed by atoms with Gasteiger partial charge in [0.1, 0.15) is 0 Å². The third-order valence-corrected chi connectivity index (χ3v) is 2.96. The molecular weight excluding hydrogens is 240 g/mol. The number of hydrogen-bond donors (Lipinski definition) is 1. The molecule has 0 amide bonds. The minimum absolute atomic E-state index is 0.117. The lowest BCUT2D eigenvalue weighted by Gasteiger charge is -2.23. The lowest BCUT2D eigenvalue weighted by molar-refractivity contribution is 0.0431. The van der Waals surface area contributed by atoms with E-state index < -0.39 is 0 Å². The maximum Gasteiger partial charge on any atom is 0.0979 e. The van der Waals surface area contributed by atoms with Crippen LogP contribution in [0.25, 0.3) is 0 Å². The first-order valence-electron chi connectivity index (χ1n) is 6.48. The van der Waals surface area contributed by atoms with E-state index in [1.165, 1.54) is 0 Å². The first-order chi connectivity index (χ1) is 9.20. The van der Waals surface area contributed by atoms with Crippen molar-refractivity contribution in [3.8, 4) is 0 Å². The zero-order valence-electron chi connectivity index (χ0n) is 11.4. The Morgan fingerprint density at radius 2 is 2.05 bits per heavy atom. The van der Waals surface area contributed by atoms with E-state index in [1.807, 2.05) is 50.5 Å². The smallest absolute Gasteiger partial charge is 0.0979 e. The molecule has 0 radical (unpaired) electrons. The van der Waals surface area contributed by atoms with Crippen molar-refractivity contribution in [3.05, 3.63) is 47.8 Å². The third-order valence-electron chi connectivity index (χ3n) is 2.96. The van der Waals surface area contributed by atoms with Gasteiger partial charge in [-0.1, -0.05) is 35.5 Å². The Balaban J connectivity index is 2.10. The average Bonchev–Trinajstić information content (AvgIpc) is 2.82. The normalized spacial score (nSPS) is 14.3. The van der Waals surface area contributed by atoms with Gasteiger partial charge in [0.05, 0.1) is 11.8 Å². The summed E-state index contributed by atoms with van der Waals surface area (Å²) in [6.45, 7) is 2.61. The van der Waals surface area contributed by atoms with Gasteiger partial charge in [0.15, 0.2) is 0 Å². The number of ether oxygens (including phenoxy) is 1. The maximum atomic E-state index is 6.28. The predicted octanol–water partition coefficient (Wildman–Crippen LogP) is 1.46. The molecule has 0 bridgehead atoms. The van der Waals surface area contributed by atoms with Crippen molar-refractivity contribution in [2.45, 2.75) is 25.5 Å². The van der Waals surface area contributed by atoms with Crippen LogP contribution in [-0.2, 0) is 18.2 Å². The van der Waals surface area contributed by atoms with E-state index in [1.54, 1.807) is 4.68 Å². The Hall–Kier alpha value is -1.72. The standard InChI is InChI=1S/C14H20N4O/c1-3-19-14(11-7-5-4-6-8-11)13(15)9-12-10-18(2)17-16-12/h4-8,10,13-14H,3,9,15H2,1-2H3. The molecule has 2 atom stereocenters. The molecule has 0 aliphatic heterocycles. The molecule has 2 rings (SSSR count). The quantitative estimate of drug-likeness (QED) is 0.854. The second kappa shape index (κ2) is 6.45. The van der Waals surface area contributed by atoms with E-state index in [4.69, 9.17) is 10.5 Å². The lowest BCUT2D eigenvalue weighted by atomic mass is 9.99. The van der Waals surface area contributed by atoms with Crippen molar-refractivity contribution in [2.75, 3.05) is 6.61 Å². The van der Waals surface area contributed by atoms with Crippen molar-refractivity contribution in [1.29, 1.82) is 0 Å². The first-order valence-corrected chi connectivity index (χ1v) is 6.48. The lowest BCUT2D eigenvalue weighted by Crippen LogP contribution is -2.32. The second-order valence-electron chi connectivity index (χ2n) is 4.54. The molecule has 0 saturated heterocycles. The zero-order chi connectivity index (χ0) is 13.7. The van der Waals surface area contributed by atoms with Gasteiger partial charge in [-0.05, 0) is 12.5 Å². The molecule has 102 valence electrons. The number of aromatic nitrogens is 3. The van der Waals surface area contributed by atoms with Gasteiger partial charge in [-0.2, -0.15) is 0 Å². The number of aryl methyl sites for hydroxylation is 1. The molecule has 2 unspecified atom stereocenters. The Kier molecular flexibility index (Phi) is 4.65. The molecule has 0 fully saturated rings. The van der Waals surface area contributed by atoms with E-state index in [0.29, 0.717) is 13.0 Å². The minimum atomic E-state index is -0.140. The fourth-order valence-electron chi connectivity index (χ4n) is 2.13. The summed E-state index contributed by atoms with van der Waals surface area (Å²) < 4.78 is 7.47. The second-order valence-corrected chi connectivity index (χ2v) is 4.54. The van der Waals surface area contributed by atoms with Gasteiger partial charge < -0.3 is 10.5 Å². The summed E-state index contributed by atoms with van der Waals surface area (Å²) in [5.74, 6) is 0. The summed E-state index contributed by atoms with van der Waals surface area (Å²) in [7, 11) is 1.85. The molecule has 0 aliphatic carbocycles. The van der Waals surface area contributed by atoms with Gasteiger partial charge in [-0.25, -0.2) is 0 Å². The van der Waals surface area contributed by atoms with Crippen LogP contribution in [0.4, 0.5) is 0 Å². The van der Waals surface area contributed by atoms with Crippen LogP contribution in [0.5, 0.6) is 0 Å². The molecule has 0 aliphatic rings. The van der Waals surface area contributed by atoms with Crippen molar-refractivity contribution in [1.82, 2.24) is 15.0 Å². The Morgan fingerprint density at radius 3 is 2.63 bits per heavy atom. The van der Waals surface area contributed by atoms with Gasteiger partial charge in [0.2, 0.25) is 0 Å². The molecule has 5 nitrogen and oxygen atoms in total. The summed E-state index contributed by atoms with van der Waals surface area (Å²) in [4.78, 5) is 0. The molecule has 2 N–H and O–H groups in total. The Labute approximate surface area is 113 Å². The summed E-state index contributed by atoms with van der Waals surface area (Å²) in [6, 6.07) is 9.92. The fraction of sp³-hybridized carbons (Fsp3) is 0.429. The van der Waals surface area contributed by atoms with E-state index in [9.17, 15) is 0 Å².